The fourth-order valence-corrected chi connectivity index (χ4v) is 2.97. The molecule has 0 aliphatic rings. The van der Waals surface area contributed by atoms with Crippen LogP contribution in [0, 0.1) is 0 Å². The third kappa shape index (κ3) is 4.22. The van der Waals surface area contributed by atoms with Crippen molar-refractivity contribution < 1.29 is 13.2 Å². The van der Waals surface area contributed by atoms with Gasteiger partial charge in [-0.1, -0.05) is 19.1 Å². The van der Waals surface area contributed by atoms with Gasteiger partial charge in [0.15, 0.2) is 5.78 Å². The van der Waals surface area contributed by atoms with Gasteiger partial charge in [-0.15, -0.1) is 0 Å². The minimum absolute atomic E-state index is 0.0243. The van der Waals surface area contributed by atoms with Gasteiger partial charge >= 0.3 is 0 Å². The van der Waals surface area contributed by atoms with Gasteiger partial charge in [0.25, 0.3) is 0 Å². The zero-order valence-corrected chi connectivity index (χ0v) is 13.1. The van der Waals surface area contributed by atoms with Crippen molar-refractivity contribution in [3.63, 3.8) is 0 Å². The first-order valence-electron chi connectivity index (χ1n) is 7.05. The van der Waals surface area contributed by atoms with Gasteiger partial charge in [0, 0.05) is 30.9 Å². The van der Waals surface area contributed by atoms with Crippen molar-refractivity contribution in [2.45, 2.75) is 31.2 Å². The number of aromatic nitrogens is 1. The van der Waals surface area contributed by atoms with E-state index in [9.17, 15) is 13.2 Å². The number of nitrogens with zero attached hydrogens (tertiary/aromatic N) is 1. The lowest BCUT2D eigenvalue weighted by Crippen LogP contribution is -2.23. The molecule has 0 amide bonds. The van der Waals surface area contributed by atoms with E-state index in [0.29, 0.717) is 12.0 Å². The van der Waals surface area contributed by atoms with E-state index >= 15 is 0 Å². The third-order valence-electron chi connectivity index (χ3n) is 3.18. The molecule has 0 bridgehead atoms. The van der Waals surface area contributed by atoms with E-state index < -0.39 is 10.0 Å². The Kier molecular flexibility index (Phi) is 5.41. The second-order valence-electron chi connectivity index (χ2n) is 4.88. The maximum Gasteiger partial charge on any atom is 0.240 e. The number of hydrogen-bond donors (Lipinski definition) is 1. The van der Waals surface area contributed by atoms with E-state index in [4.69, 9.17) is 0 Å². The van der Waals surface area contributed by atoms with Crippen LogP contribution in [0.4, 0.5) is 0 Å². The van der Waals surface area contributed by atoms with E-state index in [1.165, 1.54) is 12.1 Å². The maximum atomic E-state index is 12.2. The molecule has 2 rings (SSSR count). The van der Waals surface area contributed by atoms with E-state index in [-0.39, 0.29) is 17.2 Å². The summed E-state index contributed by atoms with van der Waals surface area (Å²) in [5.74, 6) is 0.0243. The van der Waals surface area contributed by atoms with Crippen LogP contribution in [0.1, 0.15) is 35.7 Å². The molecule has 1 N–H and O–H groups in total. The molecule has 1 aromatic heterocycles. The van der Waals surface area contributed by atoms with Gasteiger partial charge in [-0.3, -0.25) is 9.78 Å². The van der Waals surface area contributed by atoms with Crippen molar-refractivity contribution in [3.05, 3.63) is 59.9 Å². The number of nitrogens with one attached hydrogen (secondary N) is 1. The predicted octanol–water partition coefficient (Wildman–Crippen LogP) is 2.54. The Morgan fingerprint density at radius 1 is 1.09 bits per heavy atom. The summed E-state index contributed by atoms with van der Waals surface area (Å²) in [7, 11) is -3.59. The highest BCUT2D eigenvalue weighted by Crippen LogP contribution is 2.13. The Balaban J connectivity index is 2.08. The first kappa shape index (κ1) is 16.3. The van der Waals surface area contributed by atoms with Crippen molar-refractivity contribution >= 4 is 15.8 Å². The first-order chi connectivity index (χ1) is 10.5. The molecule has 0 saturated heterocycles. The highest BCUT2D eigenvalue weighted by molar-refractivity contribution is 7.89. The third-order valence-corrected chi connectivity index (χ3v) is 4.60. The second kappa shape index (κ2) is 7.29. The molecule has 5 nitrogen and oxygen atoms in total. The molecule has 2 aromatic rings. The molecule has 6 heteroatoms. The van der Waals surface area contributed by atoms with Gasteiger partial charge in [0.2, 0.25) is 10.0 Å². The molecule has 1 aromatic carbocycles. The fourth-order valence-electron chi connectivity index (χ4n) is 1.95. The Labute approximate surface area is 130 Å². The molecule has 0 fully saturated rings. The summed E-state index contributed by atoms with van der Waals surface area (Å²) in [6, 6.07) is 9.51. The minimum Gasteiger partial charge on any atom is -0.294 e. The SMILES string of the molecule is CCCC(=O)c1ccc(S(=O)(=O)NCc2ccncc2)cc1. The Morgan fingerprint density at radius 2 is 1.73 bits per heavy atom. The first-order valence-corrected chi connectivity index (χ1v) is 8.53. The lowest BCUT2D eigenvalue weighted by Gasteiger charge is -2.07. The zero-order chi connectivity index (χ0) is 16.0. The Morgan fingerprint density at radius 3 is 2.32 bits per heavy atom. The average molecular weight is 318 g/mol. The quantitative estimate of drug-likeness (QED) is 0.796. The standard InChI is InChI=1S/C16H18N2O3S/c1-2-3-16(19)14-4-6-15(7-5-14)22(20,21)18-12-13-8-10-17-11-9-13/h4-11,18H,2-3,12H2,1H3. The highest BCUT2D eigenvalue weighted by atomic mass is 32.2. The number of pyridine rings is 1. The van der Waals surface area contributed by atoms with Gasteiger partial charge < -0.3 is 0 Å². The molecule has 0 atom stereocenters. The number of carbonyl (C=O) groups excluding carboxylic acids is 1. The van der Waals surface area contributed by atoms with Crippen LogP contribution in [0.2, 0.25) is 0 Å². The number of Topliss-reactive ketones (excluding diaryl/α,β-unsaturated/α-hetero) is 1. The molecule has 0 saturated carbocycles. The number of ketones is 1. The lowest BCUT2D eigenvalue weighted by molar-refractivity contribution is 0.0981. The summed E-state index contributed by atoms with van der Waals surface area (Å²) < 4.78 is 26.9. The summed E-state index contributed by atoms with van der Waals surface area (Å²) in [5.41, 5.74) is 1.36. The minimum atomic E-state index is -3.59. The average Bonchev–Trinajstić information content (AvgIpc) is 2.54. The molecule has 116 valence electrons. The predicted molar refractivity (Wildman–Crippen MR) is 83.9 cm³/mol. The molecular weight excluding hydrogens is 300 g/mol. The number of benzene rings is 1. The van der Waals surface area contributed by atoms with Gasteiger partial charge in [-0.05, 0) is 36.2 Å². The van der Waals surface area contributed by atoms with Crippen LogP contribution < -0.4 is 4.72 Å². The molecule has 0 aliphatic heterocycles. The molecule has 0 unspecified atom stereocenters. The highest BCUT2D eigenvalue weighted by Gasteiger charge is 2.14. The number of carbonyl (C=O) groups is 1. The number of rotatable bonds is 7. The molecule has 0 spiro atoms. The summed E-state index contributed by atoms with van der Waals surface area (Å²) in [4.78, 5) is 15.8. The molecule has 0 aliphatic carbocycles. The smallest absolute Gasteiger partial charge is 0.240 e. The van der Waals surface area contributed by atoms with Crippen molar-refractivity contribution in [2.24, 2.45) is 0 Å². The van der Waals surface area contributed by atoms with Crippen LogP contribution in [0.15, 0.2) is 53.7 Å². The molecule has 22 heavy (non-hydrogen) atoms. The normalized spacial score (nSPS) is 11.3. The van der Waals surface area contributed by atoms with Gasteiger partial charge in [0.05, 0.1) is 4.90 Å². The zero-order valence-electron chi connectivity index (χ0n) is 12.3. The van der Waals surface area contributed by atoms with Crippen LogP contribution in [0.25, 0.3) is 0 Å². The number of hydrogen-bond acceptors (Lipinski definition) is 4. The molecular formula is C16H18N2O3S. The van der Waals surface area contributed by atoms with Crippen LogP contribution in [-0.2, 0) is 16.6 Å². The Hall–Kier alpha value is -2.05. The fraction of sp³-hybridized carbons (Fsp3) is 0.250. The van der Waals surface area contributed by atoms with E-state index in [0.717, 1.165) is 12.0 Å². The van der Waals surface area contributed by atoms with Gasteiger partial charge in [-0.25, -0.2) is 13.1 Å². The van der Waals surface area contributed by atoms with Crippen molar-refractivity contribution in [2.75, 3.05) is 0 Å². The summed E-state index contributed by atoms with van der Waals surface area (Å²) in [5, 5.41) is 0. The van der Waals surface area contributed by atoms with E-state index in [2.05, 4.69) is 9.71 Å². The maximum absolute atomic E-state index is 12.2. The van der Waals surface area contributed by atoms with Crippen molar-refractivity contribution in [3.8, 4) is 0 Å². The van der Waals surface area contributed by atoms with E-state index in [1.54, 1.807) is 36.7 Å². The van der Waals surface area contributed by atoms with Crippen LogP contribution in [0.5, 0.6) is 0 Å². The van der Waals surface area contributed by atoms with Crippen molar-refractivity contribution in [1.29, 1.82) is 0 Å². The Bertz CT molecular complexity index is 726. The molecule has 0 radical (unpaired) electrons. The van der Waals surface area contributed by atoms with Crippen LogP contribution >= 0.6 is 0 Å². The topological polar surface area (TPSA) is 76.1 Å². The second-order valence-corrected chi connectivity index (χ2v) is 6.64. The largest absolute Gasteiger partial charge is 0.294 e. The van der Waals surface area contributed by atoms with Crippen molar-refractivity contribution in [1.82, 2.24) is 9.71 Å². The van der Waals surface area contributed by atoms with Gasteiger partial charge in [0.1, 0.15) is 0 Å². The van der Waals surface area contributed by atoms with Gasteiger partial charge in [-0.2, -0.15) is 0 Å². The molecule has 1 heterocycles. The summed E-state index contributed by atoms with van der Waals surface area (Å²) in [6.45, 7) is 2.13. The summed E-state index contributed by atoms with van der Waals surface area (Å²) in [6.07, 6.45) is 4.45. The monoisotopic (exact) mass is 318 g/mol. The number of sulfonamides is 1. The van der Waals surface area contributed by atoms with Crippen LogP contribution in [-0.4, -0.2) is 19.2 Å². The van der Waals surface area contributed by atoms with Crippen LogP contribution in [0.3, 0.4) is 0 Å². The summed E-state index contributed by atoms with van der Waals surface area (Å²) >= 11 is 0. The lowest BCUT2D eigenvalue weighted by atomic mass is 10.1. The van der Waals surface area contributed by atoms with E-state index in [1.807, 2.05) is 6.92 Å².